The van der Waals surface area contributed by atoms with Crippen molar-refractivity contribution < 1.29 is 18.0 Å². The summed E-state index contributed by atoms with van der Waals surface area (Å²) in [7, 11) is -3.64. The Balaban J connectivity index is 1.59. The van der Waals surface area contributed by atoms with Gasteiger partial charge in [-0.15, -0.1) is 11.3 Å². The normalized spacial score (nSPS) is 16.5. The van der Waals surface area contributed by atoms with Gasteiger partial charge < -0.3 is 10.6 Å². The van der Waals surface area contributed by atoms with Crippen molar-refractivity contribution in [1.82, 2.24) is 5.32 Å². The van der Waals surface area contributed by atoms with Crippen molar-refractivity contribution in [1.29, 1.82) is 0 Å². The van der Waals surface area contributed by atoms with Crippen LogP contribution in [0.15, 0.2) is 39.9 Å². The van der Waals surface area contributed by atoms with Crippen LogP contribution >= 0.6 is 11.3 Å². The highest BCUT2D eigenvalue weighted by Crippen LogP contribution is 2.35. The summed E-state index contributed by atoms with van der Waals surface area (Å²) in [5, 5.41) is 6.92. The smallest absolute Gasteiger partial charge is 0.313 e. The van der Waals surface area contributed by atoms with Crippen molar-refractivity contribution in [2.45, 2.75) is 35.9 Å². The molecule has 2 heterocycles. The molecule has 0 bridgehead atoms. The van der Waals surface area contributed by atoms with Crippen LogP contribution in [0, 0.1) is 0 Å². The number of hydrogen-bond donors (Lipinski definition) is 2. The summed E-state index contributed by atoms with van der Waals surface area (Å²) in [6, 6.07) is 8.52. The molecule has 2 aromatic rings. The third-order valence-corrected chi connectivity index (χ3v) is 7.76. The Kier molecular flexibility index (Phi) is 4.65. The Morgan fingerprint density at radius 1 is 1.15 bits per heavy atom. The maximum atomic E-state index is 13.0. The van der Waals surface area contributed by atoms with E-state index >= 15 is 0 Å². The maximum Gasteiger partial charge on any atom is 0.313 e. The van der Waals surface area contributed by atoms with Gasteiger partial charge in [0.2, 0.25) is 0 Å². The number of anilines is 2. The quantitative estimate of drug-likeness (QED) is 0.762. The Hall–Kier alpha value is -2.39. The molecule has 2 amide bonds. The van der Waals surface area contributed by atoms with Crippen molar-refractivity contribution in [3.63, 3.8) is 0 Å². The molecule has 1 aliphatic heterocycles. The lowest BCUT2D eigenvalue weighted by atomic mass is 10.0. The van der Waals surface area contributed by atoms with E-state index in [1.54, 1.807) is 35.7 Å². The van der Waals surface area contributed by atoms with Crippen molar-refractivity contribution in [3.05, 3.63) is 41.3 Å². The van der Waals surface area contributed by atoms with Gasteiger partial charge >= 0.3 is 11.8 Å². The minimum absolute atomic E-state index is 0.0956. The molecule has 7 nitrogen and oxygen atoms in total. The summed E-state index contributed by atoms with van der Waals surface area (Å²) in [6.45, 7) is 0.382. The van der Waals surface area contributed by atoms with Gasteiger partial charge in [0.25, 0.3) is 10.0 Å². The number of amides is 2. The van der Waals surface area contributed by atoms with E-state index in [9.17, 15) is 18.0 Å². The molecule has 0 spiro atoms. The Morgan fingerprint density at radius 2 is 1.96 bits per heavy atom. The highest BCUT2D eigenvalue weighted by Gasteiger charge is 2.30. The molecule has 4 rings (SSSR count). The fourth-order valence-corrected chi connectivity index (χ4v) is 5.69. The van der Waals surface area contributed by atoms with E-state index in [1.807, 2.05) is 0 Å². The largest absolute Gasteiger partial charge is 0.345 e. The van der Waals surface area contributed by atoms with Crippen LogP contribution < -0.4 is 14.9 Å². The van der Waals surface area contributed by atoms with E-state index in [0.717, 1.165) is 31.2 Å². The Bertz CT molecular complexity index is 982. The van der Waals surface area contributed by atoms with Crippen LogP contribution in [0.2, 0.25) is 0 Å². The first-order chi connectivity index (χ1) is 12.9. The fraction of sp³-hybridized carbons (Fsp3) is 0.333. The lowest BCUT2D eigenvalue weighted by Gasteiger charge is -2.30. The van der Waals surface area contributed by atoms with E-state index < -0.39 is 21.8 Å². The minimum atomic E-state index is -3.64. The van der Waals surface area contributed by atoms with Crippen LogP contribution in [0.4, 0.5) is 11.4 Å². The molecule has 1 aromatic heterocycles. The SMILES string of the molecule is O=C(Nc1ccc2c(c1)N(S(=O)(=O)c1cccs1)CCC2)C(=O)NC1CC1. The molecule has 0 unspecified atom stereocenters. The molecule has 2 N–H and O–H groups in total. The van der Waals surface area contributed by atoms with Crippen molar-refractivity contribution in [3.8, 4) is 0 Å². The van der Waals surface area contributed by atoms with E-state index in [4.69, 9.17) is 0 Å². The first-order valence-electron chi connectivity index (χ1n) is 8.76. The van der Waals surface area contributed by atoms with Gasteiger partial charge in [0.15, 0.2) is 0 Å². The molecule has 2 aliphatic rings. The number of aryl methyl sites for hydroxylation is 1. The number of nitrogens with zero attached hydrogens (tertiary/aromatic N) is 1. The van der Waals surface area contributed by atoms with Crippen LogP contribution in [0.25, 0.3) is 0 Å². The van der Waals surface area contributed by atoms with E-state index in [1.165, 1.54) is 15.6 Å². The van der Waals surface area contributed by atoms with Crippen LogP contribution in [0.3, 0.4) is 0 Å². The summed E-state index contributed by atoms with van der Waals surface area (Å²) in [4.78, 5) is 23.9. The zero-order chi connectivity index (χ0) is 19.0. The number of hydrogen-bond acceptors (Lipinski definition) is 5. The number of benzene rings is 1. The highest BCUT2D eigenvalue weighted by molar-refractivity contribution is 7.94. The predicted octanol–water partition coefficient (Wildman–Crippen LogP) is 2.11. The fourth-order valence-electron chi connectivity index (χ4n) is 3.05. The molecule has 1 aliphatic carbocycles. The van der Waals surface area contributed by atoms with E-state index in [-0.39, 0.29) is 10.3 Å². The molecule has 142 valence electrons. The summed E-state index contributed by atoms with van der Waals surface area (Å²) in [5.41, 5.74) is 1.86. The van der Waals surface area contributed by atoms with Crippen LogP contribution in [0.5, 0.6) is 0 Å². The topological polar surface area (TPSA) is 95.6 Å². The third-order valence-electron chi connectivity index (χ3n) is 4.58. The molecule has 0 atom stereocenters. The number of rotatable bonds is 4. The third kappa shape index (κ3) is 3.70. The minimum Gasteiger partial charge on any atom is -0.345 e. The molecule has 0 saturated heterocycles. The van der Waals surface area contributed by atoms with E-state index in [2.05, 4.69) is 10.6 Å². The second-order valence-electron chi connectivity index (χ2n) is 6.66. The van der Waals surface area contributed by atoms with Crippen molar-refractivity contribution >= 4 is 44.5 Å². The number of carbonyl (C=O) groups is 2. The van der Waals surface area contributed by atoms with Gasteiger partial charge in [-0.05, 0) is 54.8 Å². The predicted molar refractivity (Wildman–Crippen MR) is 103 cm³/mol. The number of carbonyl (C=O) groups excluding carboxylic acids is 2. The van der Waals surface area contributed by atoms with Gasteiger partial charge in [0.05, 0.1) is 5.69 Å². The molecule has 1 saturated carbocycles. The average molecular weight is 406 g/mol. The first-order valence-corrected chi connectivity index (χ1v) is 11.1. The summed E-state index contributed by atoms with van der Waals surface area (Å²) in [6.07, 6.45) is 3.29. The monoisotopic (exact) mass is 405 g/mol. The maximum absolute atomic E-state index is 13.0. The molecular weight excluding hydrogens is 386 g/mol. The van der Waals surface area contributed by atoms with E-state index in [0.29, 0.717) is 17.9 Å². The standard InChI is InChI=1S/C18H19N3O4S2/c22-17(19-13-7-8-13)18(23)20-14-6-5-12-3-1-9-21(15(12)11-14)27(24,25)16-4-2-10-26-16/h2,4-6,10-11,13H,1,3,7-9H2,(H,19,22)(H,20,23). The molecular formula is C18H19N3O4S2. The van der Waals surface area contributed by atoms with Gasteiger partial charge in [-0.25, -0.2) is 8.42 Å². The lowest BCUT2D eigenvalue weighted by molar-refractivity contribution is -0.136. The molecule has 27 heavy (non-hydrogen) atoms. The summed E-state index contributed by atoms with van der Waals surface area (Å²) in [5.74, 6) is -1.41. The molecule has 1 fully saturated rings. The summed E-state index contributed by atoms with van der Waals surface area (Å²) >= 11 is 1.18. The second kappa shape index (κ2) is 6.97. The average Bonchev–Trinajstić information content (AvgIpc) is 3.28. The van der Waals surface area contributed by atoms with Crippen LogP contribution in [-0.2, 0) is 26.0 Å². The van der Waals surface area contributed by atoms with Gasteiger partial charge in [-0.1, -0.05) is 12.1 Å². The Morgan fingerprint density at radius 3 is 2.67 bits per heavy atom. The van der Waals surface area contributed by atoms with Gasteiger partial charge in [0.1, 0.15) is 4.21 Å². The van der Waals surface area contributed by atoms with Crippen LogP contribution in [0.1, 0.15) is 24.8 Å². The second-order valence-corrected chi connectivity index (χ2v) is 9.70. The van der Waals surface area contributed by atoms with Gasteiger partial charge in [0, 0.05) is 18.3 Å². The lowest BCUT2D eigenvalue weighted by Crippen LogP contribution is -2.37. The molecule has 1 aromatic carbocycles. The number of nitrogens with one attached hydrogen (secondary N) is 2. The van der Waals surface area contributed by atoms with Gasteiger partial charge in [-0.2, -0.15) is 0 Å². The first kappa shape index (κ1) is 18.0. The van der Waals surface area contributed by atoms with Crippen molar-refractivity contribution in [2.24, 2.45) is 0 Å². The summed E-state index contributed by atoms with van der Waals surface area (Å²) < 4.78 is 27.6. The number of fused-ring (bicyclic) bond motifs is 1. The number of sulfonamides is 1. The van der Waals surface area contributed by atoms with Crippen molar-refractivity contribution in [2.75, 3.05) is 16.2 Å². The van der Waals surface area contributed by atoms with Crippen LogP contribution in [-0.4, -0.2) is 32.8 Å². The molecule has 0 radical (unpaired) electrons. The highest BCUT2D eigenvalue weighted by atomic mass is 32.2. The molecule has 9 heteroatoms. The Labute approximate surface area is 161 Å². The number of thiophene rings is 1. The van der Waals surface area contributed by atoms with Gasteiger partial charge in [-0.3, -0.25) is 13.9 Å². The zero-order valence-electron chi connectivity index (χ0n) is 14.5. The zero-order valence-corrected chi connectivity index (χ0v) is 16.1.